The van der Waals surface area contributed by atoms with Gasteiger partial charge in [-0.2, -0.15) is 0 Å². The molecule has 0 fully saturated rings. The molecule has 4 aromatic rings. The molecule has 0 atom stereocenters. The number of nitrogens with zero attached hydrogens (tertiary/aromatic N) is 2. The molecule has 0 unspecified atom stereocenters. The molecule has 0 saturated heterocycles. The number of aromatic hydroxyl groups is 2. The Balaban J connectivity index is 1.97. The van der Waals surface area contributed by atoms with Crippen LogP contribution in [-0.4, -0.2) is 20.1 Å². The van der Waals surface area contributed by atoms with E-state index in [0.717, 1.165) is 0 Å². The summed E-state index contributed by atoms with van der Waals surface area (Å²) in [6.07, 6.45) is 0. The Bertz CT molecular complexity index is 1580. The van der Waals surface area contributed by atoms with Crippen molar-refractivity contribution in [2.45, 2.75) is 19.3 Å². The van der Waals surface area contributed by atoms with E-state index < -0.39 is 38.1 Å². The third-order valence-corrected chi connectivity index (χ3v) is 6.20. The van der Waals surface area contributed by atoms with Crippen LogP contribution in [-0.2, 0) is 5.41 Å². The minimum absolute atomic E-state index is 0.271. The van der Waals surface area contributed by atoms with Crippen LogP contribution in [0.4, 0.5) is 11.4 Å². The molecule has 0 radical (unpaired) electrons. The van der Waals surface area contributed by atoms with E-state index >= 15 is 0 Å². The number of phenolic OH excluding ortho intramolecular Hbond substituents is 2. The molecule has 4 rings (SSSR count). The summed E-state index contributed by atoms with van der Waals surface area (Å²) in [4.78, 5) is 21.8. The third kappa shape index (κ3) is 5.71. The predicted octanol–water partition coefficient (Wildman–Crippen LogP) is 6.04. The quantitative estimate of drug-likeness (QED) is 0.193. The van der Waals surface area contributed by atoms with E-state index in [-0.39, 0.29) is 11.1 Å². The Hall–Kier alpha value is -5.60. The maximum absolute atomic E-state index is 11.6. The van der Waals surface area contributed by atoms with Gasteiger partial charge < -0.3 is 10.2 Å². The first-order chi connectivity index (χ1) is 18.6. The maximum atomic E-state index is 11.6. The summed E-state index contributed by atoms with van der Waals surface area (Å²) in [7, 11) is 0. The first kappa shape index (κ1) is 26.5. The maximum Gasteiger partial charge on any atom is 0.311 e. The Kier molecular flexibility index (Phi) is 7.32. The van der Waals surface area contributed by atoms with Crippen molar-refractivity contribution in [2.24, 2.45) is 0 Å². The van der Waals surface area contributed by atoms with E-state index in [1.165, 1.54) is 24.3 Å². The number of nitro groups is 2. The van der Waals surface area contributed by atoms with E-state index in [9.17, 15) is 30.4 Å². The number of phenols is 2. The zero-order valence-corrected chi connectivity index (χ0v) is 21.0. The van der Waals surface area contributed by atoms with Gasteiger partial charge in [0.2, 0.25) is 0 Å². The highest BCUT2D eigenvalue weighted by atomic mass is 16.6. The van der Waals surface area contributed by atoms with Crippen molar-refractivity contribution in [3.63, 3.8) is 0 Å². The molecule has 0 aliphatic rings. The van der Waals surface area contributed by atoms with Gasteiger partial charge in [-0.15, -0.1) is 0 Å². The second-order valence-corrected chi connectivity index (χ2v) is 9.14. The third-order valence-electron chi connectivity index (χ3n) is 6.20. The molecule has 8 heteroatoms. The van der Waals surface area contributed by atoms with Crippen LogP contribution in [0.5, 0.6) is 11.5 Å². The highest BCUT2D eigenvalue weighted by Crippen LogP contribution is 2.43. The van der Waals surface area contributed by atoms with Gasteiger partial charge in [0.1, 0.15) is 0 Å². The number of nitro benzene ring substituents is 2. The first-order valence-electron chi connectivity index (χ1n) is 11.8. The molecular formula is C31H22N2O6. The Morgan fingerprint density at radius 3 is 1.31 bits per heavy atom. The largest absolute Gasteiger partial charge is 0.502 e. The minimum atomic E-state index is -1.07. The predicted molar refractivity (Wildman–Crippen MR) is 146 cm³/mol. The minimum Gasteiger partial charge on any atom is -0.502 e. The molecule has 192 valence electrons. The molecule has 0 aromatic heterocycles. The topological polar surface area (TPSA) is 127 Å². The van der Waals surface area contributed by atoms with E-state index in [1.54, 1.807) is 38.1 Å². The molecule has 0 spiro atoms. The highest BCUT2D eigenvalue weighted by molar-refractivity contribution is 5.65. The zero-order valence-electron chi connectivity index (χ0n) is 21.0. The molecule has 0 bridgehead atoms. The van der Waals surface area contributed by atoms with Crippen LogP contribution in [0.15, 0.2) is 84.9 Å². The lowest BCUT2D eigenvalue weighted by Gasteiger charge is -2.29. The van der Waals surface area contributed by atoms with Gasteiger partial charge in [-0.3, -0.25) is 20.2 Å². The number of hydrogen-bond acceptors (Lipinski definition) is 6. The fraction of sp³-hybridized carbons (Fsp3) is 0.0968. The molecule has 0 amide bonds. The summed E-state index contributed by atoms with van der Waals surface area (Å²) < 4.78 is 0. The fourth-order valence-corrected chi connectivity index (χ4v) is 4.15. The van der Waals surface area contributed by atoms with Crippen LogP contribution >= 0.6 is 0 Å². The number of hydrogen-bond donors (Lipinski definition) is 2. The second-order valence-electron chi connectivity index (χ2n) is 9.14. The van der Waals surface area contributed by atoms with Crippen LogP contribution in [0.3, 0.4) is 0 Å². The smallest absolute Gasteiger partial charge is 0.311 e. The van der Waals surface area contributed by atoms with Crippen LogP contribution in [0, 0.1) is 43.9 Å². The molecule has 2 N–H and O–H groups in total. The normalized spacial score (nSPS) is 10.5. The van der Waals surface area contributed by atoms with Gasteiger partial charge >= 0.3 is 11.4 Å². The first-order valence-corrected chi connectivity index (χ1v) is 11.8. The van der Waals surface area contributed by atoms with Gasteiger partial charge in [-0.25, -0.2) is 0 Å². The van der Waals surface area contributed by atoms with Crippen LogP contribution < -0.4 is 0 Å². The van der Waals surface area contributed by atoms with E-state index in [4.69, 9.17) is 0 Å². The Morgan fingerprint density at radius 1 is 0.615 bits per heavy atom. The van der Waals surface area contributed by atoms with E-state index in [2.05, 4.69) is 23.7 Å². The van der Waals surface area contributed by atoms with Crippen molar-refractivity contribution >= 4 is 11.4 Å². The molecule has 39 heavy (non-hydrogen) atoms. The van der Waals surface area contributed by atoms with Crippen molar-refractivity contribution < 1.29 is 20.1 Å². The van der Waals surface area contributed by atoms with E-state index in [1.807, 2.05) is 36.4 Å². The van der Waals surface area contributed by atoms with Crippen molar-refractivity contribution in [2.75, 3.05) is 0 Å². The molecule has 0 aliphatic heterocycles. The van der Waals surface area contributed by atoms with Crippen molar-refractivity contribution in [3.8, 4) is 35.2 Å². The standard InChI is InChI=1S/C31H22N2O6/c1-31(2,25-19-29(34)27(32(36)37)17-23(25)15-13-21-9-5-3-6-10-21)26-20-30(35)28(33(38)39)18-24(26)16-14-22-11-7-4-8-12-22/h3-12,17-20,34-35H,1-2H3. The molecule has 0 heterocycles. The van der Waals surface area contributed by atoms with Gasteiger partial charge in [0, 0.05) is 39.8 Å². The van der Waals surface area contributed by atoms with Crippen LogP contribution in [0.1, 0.15) is 47.2 Å². The van der Waals surface area contributed by atoms with E-state index in [0.29, 0.717) is 22.3 Å². The van der Waals surface area contributed by atoms with Gasteiger partial charge in [0.25, 0.3) is 0 Å². The summed E-state index contributed by atoms with van der Waals surface area (Å²) in [5.74, 6) is 10.8. The number of rotatable bonds is 4. The average molecular weight is 519 g/mol. The Labute approximate surface area is 224 Å². The fourth-order valence-electron chi connectivity index (χ4n) is 4.15. The average Bonchev–Trinajstić information content (AvgIpc) is 2.92. The Morgan fingerprint density at radius 2 is 0.974 bits per heavy atom. The summed E-state index contributed by atoms with van der Waals surface area (Å²) in [6.45, 7) is 3.52. The summed E-state index contributed by atoms with van der Waals surface area (Å²) in [5.41, 5.74) is 0.626. The molecule has 0 saturated carbocycles. The monoisotopic (exact) mass is 518 g/mol. The zero-order chi connectivity index (χ0) is 28.2. The number of benzene rings is 4. The van der Waals surface area contributed by atoms with Crippen LogP contribution in [0.2, 0.25) is 0 Å². The van der Waals surface area contributed by atoms with Crippen LogP contribution in [0.25, 0.3) is 0 Å². The lowest BCUT2D eigenvalue weighted by molar-refractivity contribution is -0.386. The second kappa shape index (κ2) is 10.8. The summed E-state index contributed by atoms with van der Waals surface area (Å²) >= 11 is 0. The van der Waals surface area contributed by atoms with Gasteiger partial charge in [0.15, 0.2) is 11.5 Å². The van der Waals surface area contributed by atoms with Gasteiger partial charge in [-0.1, -0.05) is 73.9 Å². The lowest BCUT2D eigenvalue weighted by atomic mass is 9.74. The summed E-state index contributed by atoms with van der Waals surface area (Å²) in [5, 5.41) is 44.2. The van der Waals surface area contributed by atoms with Crippen molar-refractivity contribution in [3.05, 3.63) is 139 Å². The molecular weight excluding hydrogens is 496 g/mol. The highest BCUT2D eigenvalue weighted by Gasteiger charge is 2.33. The molecule has 0 aliphatic carbocycles. The summed E-state index contributed by atoms with van der Waals surface area (Å²) in [6, 6.07) is 23.0. The van der Waals surface area contributed by atoms with Crippen molar-refractivity contribution in [1.29, 1.82) is 0 Å². The lowest BCUT2D eigenvalue weighted by Crippen LogP contribution is -2.22. The van der Waals surface area contributed by atoms with Gasteiger partial charge in [0.05, 0.1) is 9.85 Å². The molecule has 8 nitrogen and oxygen atoms in total. The molecule has 4 aromatic carbocycles. The SMILES string of the molecule is CC(C)(c1cc(O)c([N+](=O)[O-])cc1C#Cc1ccccc1)c1cc(O)c([N+](=O)[O-])cc1C#Cc1ccccc1. The van der Waals surface area contributed by atoms with Gasteiger partial charge in [-0.05, 0) is 47.5 Å². The van der Waals surface area contributed by atoms with Crippen molar-refractivity contribution in [1.82, 2.24) is 0 Å².